The van der Waals surface area contributed by atoms with Crippen LogP contribution in [-0.4, -0.2) is 25.0 Å². The van der Waals surface area contributed by atoms with Crippen LogP contribution in [0.4, 0.5) is 0 Å². The topological polar surface area (TPSA) is 64.7 Å². The minimum Gasteiger partial charge on any atom is -0.462 e. The van der Waals surface area contributed by atoms with E-state index in [2.05, 4.69) is 4.99 Å². The number of hydrogen-bond donors (Lipinski definition) is 1. The first-order valence-corrected chi connectivity index (χ1v) is 5.32. The summed E-state index contributed by atoms with van der Waals surface area (Å²) in [7, 11) is 0. The number of esters is 1. The SMILES string of the molecule is CCOC(=O)c1ccc2c(c1)C(N)=NCC2. The van der Waals surface area contributed by atoms with E-state index in [-0.39, 0.29) is 5.97 Å². The van der Waals surface area contributed by atoms with Gasteiger partial charge in [-0.2, -0.15) is 0 Å². The second kappa shape index (κ2) is 4.35. The fourth-order valence-electron chi connectivity index (χ4n) is 1.76. The van der Waals surface area contributed by atoms with Gasteiger partial charge >= 0.3 is 5.97 Å². The van der Waals surface area contributed by atoms with Crippen molar-refractivity contribution in [2.45, 2.75) is 13.3 Å². The summed E-state index contributed by atoms with van der Waals surface area (Å²) in [6.45, 7) is 2.88. The van der Waals surface area contributed by atoms with E-state index in [1.165, 1.54) is 0 Å². The Morgan fingerprint density at radius 1 is 1.56 bits per heavy atom. The van der Waals surface area contributed by atoms with Crippen LogP contribution in [0.2, 0.25) is 0 Å². The third kappa shape index (κ3) is 1.91. The highest BCUT2D eigenvalue weighted by Gasteiger charge is 2.15. The van der Waals surface area contributed by atoms with Crippen molar-refractivity contribution in [1.29, 1.82) is 0 Å². The van der Waals surface area contributed by atoms with Crippen molar-refractivity contribution in [3.8, 4) is 0 Å². The molecule has 1 aliphatic heterocycles. The summed E-state index contributed by atoms with van der Waals surface area (Å²) in [6.07, 6.45) is 0.874. The van der Waals surface area contributed by atoms with Crippen LogP contribution < -0.4 is 5.73 Å². The van der Waals surface area contributed by atoms with Crippen LogP contribution >= 0.6 is 0 Å². The van der Waals surface area contributed by atoms with Crippen molar-refractivity contribution in [2.24, 2.45) is 10.7 Å². The normalized spacial score (nSPS) is 13.9. The molecule has 0 amide bonds. The van der Waals surface area contributed by atoms with E-state index in [0.29, 0.717) is 18.0 Å². The largest absolute Gasteiger partial charge is 0.462 e. The van der Waals surface area contributed by atoms with Crippen LogP contribution in [0.15, 0.2) is 23.2 Å². The average molecular weight is 218 g/mol. The number of carbonyl (C=O) groups is 1. The summed E-state index contributed by atoms with van der Waals surface area (Å²) in [5.41, 5.74) is 8.31. The van der Waals surface area contributed by atoms with Gasteiger partial charge in [-0.05, 0) is 31.0 Å². The molecule has 1 aromatic rings. The molecule has 0 fully saturated rings. The Balaban J connectivity index is 2.36. The fraction of sp³-hybridized carbons (Fsp3) is 0.333. The van der Waals surface area contributed by atoms with Crippen LogP contribution in [0.5, 0.6) is 0 Å². The fourth-order valence-corrected chi connectivity index (χ4v) is 1.76. The number of ether oxygens (including phenoxy) is 1. The minimum absolute atomic E-state index is 0.316. The van der Waals surface area contributed by atoms with Gasteiger partial charge in [0.05, 0.1) is 12.2 Å². The zero-order valence-corrected chi connectivity index (χ0v) is 9.19. The third-order valence-corrected chi connectivity index (χ3v) is 2.56. The molecule has 1 aliphatic rings. The van der Waals surface area contributed by atoms with Gasteiger partial charge in [-0.15, -0.1) is 0 Å². The lowest BCUT2D eigenvalue weighted by Crippen LogP contribution is -2.21. The molecule has 0 saturated carbocycles. The molecule has 16 heavy (non-hydrogen) atoms. The van der Waals surface area contributed by atoms with Crippen LogP contribution in [0.25, 0.3) is 0 Å². The number of amidine groups is 1. The maximum Gasteiger partial charge on any atom is 0.338 e. The molecule has 4 heteroatoms. The number of nitrogens with two attached hydrogens (primary N) is 1. The molecule has 4 nitrogen and oxygen atoms in total. The summed E-state index contributed by atoms with van der Waals surface area (Å²) in [6, 6.07) is 5.45. The van der Waals surface area contributed by atoms with Gasteiger partial charge in [0.25, 0.3) is 0 Å². The molecular weight excluding hydrogens is 204 g/mol. The smallest absolute Gasteiger partial charge is 0.338 e. The van der Waals surface area contributed by atoms with Gasteiger partial charge in [0.2, 0.25) is 0 Å². The van der Waals surface area contributed by atoms with Crippen molar-refractivity contribution in [1.82, 2.24) is 0 Å². The molecule has 0 unspecified atom stereocenters. The van der Waals surface area contributed by atoms with E-state index in [1.54, 1.807) is 19.1 Å². The first kappa shape index (κ1) is 10.7. The molecule has 0 saturated heterocycles. The molecule has 1 aromatic carbocycles. The summed E-state index contributed by atoms with van der Waals surface area (Å²) in [4.78, 5) is 15.7. The van der Waals surface area contributed by atoms with Gasteiger partial charge in [0, 0.05) is 12.1 Å². The summed E-state index contributed by atoms with van der Waals surface area (Å²) in [5.74, 6) is 0.191. The van der Waals surface area contributed by atoms with Crippen molar-refractivity contribution >= 4 is 11.8 Å². The molecule has 0 aliphatic carbocycles. The van der Waals surface area contributed by atoms with E-state index in [1.807, 2.05) is 6.07 Å². The molecule has 0 spiro atoms. The monoisotopic (exact) mass is 218 g/mol. The number of rotatable bonds is 2. The lowest BCUT2D eigenvalue weighted by atomic mass is 9.98. The van der Waals surface area contributed by atoms with Gasteiger partial charge in [0.1, 0.15) is 5.84 Å². The molecule has 1 heterocycles. The van der Waals surface area contributed by atoms with E-state index < -0.39 is 0 Å². The number of benzene rings is 1. The number of nitrogens with zero attached hydrogens (tertiary/aromatic N) is 1. The van der Waals surface area contributed by atoms with Crippen molar-refractivity contribution in [3.05, 3.63) is 34.9 Å². The van der Waals surface area contributed by atoms with Gasteiger partial charge < -0.3 is 10.5 Å². The lowest BCUT2D eigenvalue weighted by molar-refractivity contribution is 0.0526. The van der Waals surface area contributed by atoms with Crippen LogP contribution in [0, 0.1) is 0 Å². The molecule has 2 N–H and O–H groups in total. The molecule has 2 rings (SSSR count). The predicted molar refractivity (Wildman–Crippen MR) is 61.7 cm³/mol. The number of hydrogen-bond acceptors (Lipinski definition) is 4. The van der Waals surface area contributed by atoms with Crippen molar-refractivity contribution < 1.29 is 9.53 Å². The van der Waals surface area contributed by atoms with Crippen LogP contribution in [0.3, 0.4) is 0 Å². The Hall–Kier alpha value is -1.84. The maximum atomic E-state index is 11.5. The third-order valence-electron chi connectivity index (χ3n) is 2.56. The zero-order chi connectivity index (χ0) is 11.5. The molecular formula is C12H14N2O2. The summed E-state index contributed by atoms with van der Waals surface area (Å²) < 4.78 is 4.93. The van der Waals surface area contributed by atoms with Crippen molar-refractivity contribution in [2.75, 3.05) is 13.2 Å². The van der Waals surface area contributed by atoms with Gasteiger partial charge in [-0.1, -0.05) is 6.07 Å². The standard InChI is InChI=1S/C12H14N2O2/c1-2-16-12(15)9-4-3-8-5-6-14-11(13)10(8)7-9/h3-4,7H,2,5-6H2,1H3,(H2,13,14). The molecule has 84 valence electrons. The van der Waals surface area contributed by atoms with Gasteiger partial charge in [-0.3, -0.25) is 4.99 Å². The molecule has 0 bridgehead atoms. The zero-order valence-electron chi connectivity index (χ0n) is 9.19. The lowest BCUT2D eigenvalue weighted by Gasteiger charge is -2.14. The first-order valence-electron chi connectivity index (χ1n) is 5.32. The molecule has 0 radical (unpaired) electrons. The van der Waals surface area contributed by atoms with E-state index >= 15 is 0 Å². The predicted octanol–water partition coefficient (Wildman–Crippen LogP) is 1.12. The van der Waals surface area contributed by atoms with E-state index in [0.717, 1.165) is 24.1 Å². The summed E-state index contributed by atoms with van der Waals surface area (Å²) in [5, 5.41) is 0. The molecule has 0 aromatic heterocycles. The van der Waals surface area contributed by atoms with Gasteiger partial charge in [-0.25, -0.2) is 4.79 Å². The Morgan fingerprint density at radius 2 is 2.38 bits per heavy atom. The second-order valence-electron chi connectivity index (χ2n) is 3.61. The van der Waals surface area contributed by atoms with Crippen LogP contribution in [0.1, 0.15) is 28.4 Å². The average Bonchev–Trinajstić information content (AvgIpc) is 2.29. The maximum absolute atomic E-state index is 11.5. The second-order valence-corrected chi connectivity index (χ2v) is 3.61. The Kier molecular flexibility index (Phi) is 2.90. The Labute approximate surface area is 94.1 Å². The highest BCUT2D eigenvalue weighted by molar-refractivity contribution is 6.02. The van der Waals surface area contributed by atoms with E-state index in [4.69, 9.17) is 10.5 Å². The van der Waals surface area contributed by atoms with Gasteiger partial charge in [0.15, 0.2) is 0 Å². The van der Waals surface area contributed by atoms with E-state index in [9.17, 15) is 4.79 Å². The van der Waals surface area contributed by atoms with Crippen molar-refractivity contribution in [3.63, 3.8) is 0 Å². The highest BCUT2D eigenvalue weighted by Crippen LogP contribution is 2.17. The Bertz CT molecular complexity index is 452. The number of carbonyl (C=O) groups excluding carboxylic acids is 1. The quantitative estimate of drug-likeness (QED) is 0.757. The number of aliphatic imine (C=N–C) groups is 1. The highest BCUT2D eigenvalue weighted by atomic mass is 16.5. The summed E-state index contributed by atoms with van der Waals surface area (Å²) >= 11 is 0. The Morgan fingerprint density at radius 3 is 3.12 bits per heavy atom. The number of fused-ring (bicyclic) bond motifs is 1. The minimum atomic E-state index is -0.316. The van der Waals surface area contributed by atoms with Crippen LogP contribution in [-0.2, 0) is 11.2 Å². The molecule has 0 atom stereocenters. The first-order chi connectivity index (χ1) is 7.72.